The minimum atomic E-state index is -1.46. The molecular formula is C24H29Cl2N3O6. The van der Waals surface area contributed by atoms with E-state index in [0.29, 0.717) is 37.2 Å². The van der Waals surface area contributed by atoms with Gasteiger partial charge < -0.3 is 24.3 Å². The normalized spacial score (nSPS) is 11.7. The third-order valence-corrected chi connectivity index (χ3v) is 5.04. The first-order chi connectivity index (χ1) is 16.8. The Bertz CT molecular complexity index is 1080. The zero-order chi connectivity index (χ0) is 26.0. The van der Waals surface area contributed by atoms with Crippen molar-refractivity contribution in [3.05, 3.63) is 34.3 Å². The summed E-state index contributed by atoms with van der Waals surface area (Å²) in [5.41, 5.74) is 0.427. The van der Waals surface area contributed by atoms with Crippen molar-refractivity contribution in [1.82, 2.24) is 0 Å². The van der Waals surface area contributed by atoms with Gasteiger partial charge in [0.1, 0.15) is 5.69 Å². The van der Waals surface area contributed by atoms with Crippen LogP contribution in [0.4, 0.5) is 11.4 Å². The Morgan fingerprint density at radius 2 is 1.40 bits per heavy atom. The van der Waals surface area contributed by atoms with Crippen molar-refractivity contribution in [3.63, 3.8) is 0 Å². The summed E-state index contributed by atoms with van der Waals surface area (Å²) in [6.45, 7) is 9.79. The first-order valence-electron chi connectivity index (χ1n) is 11.2. The Labute approximate surface area is 214 Å². The van der Waals surface area contributed by atoms with Crippen molar-refractivity contribution in [2.75, 3.05) is 31.7 Å². The lowest BCUT2D eigenvalue weighted by Crippen LogP contribution is -2.32. The van der Waals surface area contributed by atoms with Gasteiger partial charge in [-0.3, -0.25) is 9.59 Å². The highest BCUT2D eigenvalue weighted by molar-refractivity contribution is 6.33. The van der Waals surface area contributed by atoms with Crippen LogP contribution in [0.1, 0.15) is 34.6 Å². The van der Waals surface area contributed by atoms with Crippen LogP contribution in [0.15, 0.2) is 34.5 Å². The summed E-state index contributed by atoms with van der Waals surface area (Å²) in [7, 11) is 0. The lowest BCUT2D eigenvalue weighted by atomic mass is 10.2. The fourth-order valence-electron chi connectivity index (χ4n) is 3.01. The first-order valence-corrected chi connectivity index (χ1v) is 11.9. The predicted octanol–water partition coefficient (Wildman–Crippen LogP) is 6.27. The van der Waals surface area contributed by atoms with Gasteiger partial charge in [0.15, 0.2) is 28.8 Å². The van der Waals surface area contributed by atoms with Crippen molar-refractivity contribution >= 4 is 46.3 Å². The van der Waals surface area contributed by atoms with Gasteiger partial charge in [-0.05, 0) is 58.9 Å². The van der Waals surface area contributed by atoms with Crippen LogP contribution in [-0.4, -0.2) is 44.2 Å². The minimum absolute atomic E-state index is 0.152. The number of rotatable bonds is 13. The minimum Gasteiger partial charge on any atom is -0.490 e. The zero-order valence-electron chi connectivity index (χ0n) is 20.3. The summed E-state index contributed by atoms with van der Waals surface area (Å²) >= 11 is 12.5. The number of hydrogen-bond donors (Lipinski definition) is 1. The van der Waals surface area contributed by atoms with E-state index in [-0.39, 0.29) is 33.6 Å². The Hall–Kier alpha value is -3.04. The molecule has 0 saturated carbocycles. The van der Waals surface area contributed by atoms with Gasteiger partial charge in [-0.25, -0.2) is 0 Å². The third-order valence-electron chi connectivity index (χ3n) is 4.44. The maximum Gasteiger partial charge on any atom is 0.258 e. The van der Waals surface area contributed by atoms with Crippen molar-refractivity contribution in [2.24, 2.45) is 10.2 Å². The number of anilines is 1. The van der Waals surface area contributed by atoms with E-state index in [0.717, 1.165) is 0 Å². The van der Waals surface area contributed by atoms with Crippen molar-refractivity contribution < 1.29 is 28.5 Å². The number of nitrogens with one attached hydrogen (secondary N) is 1. The third kappa shape index (κ3) is 7.22. The monoisotopic (exact) mass is 525 g/mol. The van der Waals surface area contributed by atoms with Crippen LogP contribution >= 0.6 is 23.2 Å². The number of Topliss-reactive ketones (excluding diaryl/α,β-unsaturated/α-hetero) is 1. The number of ketones is 1. The van der Waals surface area contributed by atoms with Crippen LogP contribution in [0.2, 0.25) is 10.0 Å². The number of ether oxygens (including phenoxy) is 4. The highest BCUT2D eigenvalue weighted by Gasteiger charge is 2.26. The summed E-state index contributed by atoms with van der Waals surface area (Å²) in [6, 6.07) is 4.87. The smallest absolute Gasteiger partial charge is 0.258 e. The van der Waals surface area contributed by atoms with E-state index in [1.54, 1.807) is 45.0 Å². The Morgan fingerprint density at radius 3 is 2.00 bits per heavy atom. The summed E-state index contributed by atoms with van der Waals surface area (Å²) in [5, 5.41) is 11.3. The molecule has 35 heavy (non-hydrogen) atoms. The average Bonchev–Trinajstić information content (AvgIpc) is 2.81. The van der Waals surface area contributed by atoms with Gasteiger partial charge in [0.2, 0.25) is 6.04 Å². The lowest BCUT2D eigenvalue weighted by molar-refractivity contribution is -0.126. The fraction of sp³-hybridized carbons (Fsp3) is 0.417. The molecule has 0 bridgehead atoms. The zero-order valence-corrected chi connectivity index (χ0v) is 21.8. The molecule has 1 amide bonds. The molecule has 0 radical (unpaired) electrons. The van der Waals surface area contributed by atoms with E-state index in [2.05, 4.69) is 15.5 Å². The molecular weight excluding hydrogens is 497 g/mol. The van der Waals surface area contributed by atoms with Gasteiger partial charge >= 0.3 is 0 Å². The van der Waals surface area contributed by atoms with Gasteiger partial charge in [0.05, 0.1) is 42.2 Å². The SMILES string of the molecule is CCOc1ccc(Cl)c(N=NC(C(C)=O)C(=O)Nc2ccc(Cl)c(OCC)c2OCC)c1OCC. The summed E-state index contributed by atoms with van der Waals surface area (Å²) in [6.07, 6.45) is 0. The number of carbonyl (C=O) groups is 2. The molecule has 0 fully saturated rings. The Kier molecular flexibility index (Phi) is 11.1. The van der Waals surface area contributed by atoms with Crippen LogP contribution in [0.25, 0.3) is 0 Å². The number of halogens is 2. The second-order valence-corrected chi connectivity index (χ2v) is 7.74. The topological polar surface area (TPSA) is 108 Å². The van der Waals surface area contributed by atoms with E-state index in [1.807, 2.05) is 6.92 Å². The molecule has 0 spiro atoms. The van der Waals surface area contributed by atoms with E-state index in [1.165, 1.54) is 6.92 Å². The largest absolute Gasteiger partial charge is 0.490 e. The van der Waals surface area contributed by atoms with Gasteiger partial charge in [-0.15, -0.1) is 5.11 Å². The average molecular weight is 526 g/mol. The van der Waals surface area contributed by atoms with E-state index in [9.17, 15) is 9.59 Å². The van der Waals surface area contributed by atoms with Crippen LogP contribution in [0.5, 0.6) is 23.0 Å². The maximum absolute atomic E-state index is 13.0. The fourth-order valence-corrected chi connectivity index (χ4v) is 3.40. The van der Waals surface area contributed by atoms with Gasteiger partial charge in [0, 0.05) is 0 Å². The molecule has 2 aromatic rings. The number of nitrogens with zero attached hydrogens (tertiary/aromatic N) is 2. The molecule has 0 aromatic heterocycles. The molecule has 1 unspecified atom stereocenters. The molecule has 1 atom stereocenters. The summed E-state index contributed by atoms with van der Waals surface area (Å²) < 4.78 is 22.5. The number of carbonyl (C=O) groups excluding carboxylic acids is 2. The number of azo groups is 1. The van der Waals surface area contributed by atoms with Crippen LogP contribution < -0.4 is 24.3 Å². The molecule has 190 valence electrons. The van der Waals surface area contributed by atoms with Crippen molar-refractivity contribution in [2.45, 2.75) is 40.7 Å². The Balaban J connectivity index is 2.42. The molecule has 0 heterocycles. The highest BCUT2D eigenvalue weighted by Crippen LogP contribution is 2.44. The quantitative estimate of drug-likeness (QED) is 0.244. The van der Waals surface area contributed by atoms with Crippen molar-refractivity contribution in [3.8, 4) is 23.0 Å². The second-order valence-electron chi connectivity index (χ2n) is 6.93. The van der Waals surface area contributed by atoms with Crippen LogP contribution in [0, 0.1) is 0 Å². The number of benzene rings is 2. The maximum atomic E-state index is 13.0. The number of amides is 1. The van der Waals surface area contributed by atoms with Gasteiger partial charge in [-0.2, -0.15) is 5.11 Å². The molecule has 2 rings (SSSR count). The standard InChI is InChI=1S/C24H29Cl2N3O6/c1-6-32-18-13-11-15(25)20(23(18)35-9-4)29-28-19(14(5)30)24(31)27-17-12-10-16(26)21(33-7-2)22(17)34-8-3/h10-13,19H,6-9H2,1-5H3,(H,27,31). The van der Waals surface area contributed by atoms with E-state index in [4.69, 9.17) is 42.1 Å². The molecule has 9 nitrogen and oxygen atoms in total. The van der Waals surface area contributed by atoms with Crippen LogP contribution in [-0.2, 0) is 9.59 Å². The summed E-state index contributed by atoms with van der Waals surface area (Å²) in [5.74, 6) is -0.0232. The lowest BCUT2D eigenvalue weighted by Gasteiger charge is -2.18. The van der Waals surface area contributed by atoms with Gasteiger partial charge in [0.25, 0.3) is 5.91 Å². The number of hydrogen-bond acceptors (Lipinski definition) is 8. The van der Waals surface area contributed by atoms with E-state index >= 15 is 0 Å². The summed E-state index contributed by atoms with van der Waals surface area (Å²) in [4.78, 5) is 25.4. The van der Waals surface area contributed by atoms with Gasteiger partial charge in [-0.1, -0.05) is 23.2 Å². The van der Waals surface area contributed by atoms with Crippen molar-refractivity contribution in [1.29, 1.82) is 0 Å². The Morgan fingerprint density at radius 1 is 0.829 bits per heavy atom. The highest BCUT2D eigenvalue weighted by atomic mass is 35.5. The van der Waals surface area contributed by atoms with E-state index < -0.39 is 17.7 Å². The van der Waals surface area contributed by atoms with Crippen LogP contribution in [0.3, 0.4) is 0 Å². The molecule has 0 aliphatic carbocycles. The molecule has 0 saturated heterocycles. The predicted molar refractivity (Wildman–Crippen MR) is 135 cm³/mol. The molecule has 0 aliphatic rings. The molecule has 1 N–H and O–H groups in total. The molecule has 2 aromatic carbocycles. The first kappa shape index (κ1) is 28.2. The second kappa shape index (κ2) is 13.7. The molecule has 0 aliphatic heterocycles. The molecule has 11 heteroatoms.